The summed E-state index contributed by atoms with van der Waals surface area (Å²) in [7, 11) is -3.68. The van der Waals surface area contributed by atoms with Gasteiger partial charge < -0.3 is 5.11 Å². The molecule has 0 aliphatic heterocycles. The van der Waals surface area contributed by atoms with Crippen LogP contribution in [0.1, 0.15) is 44.6 Å². The van der Waals surface area contributed by atoms with Gasteiger partial charge in [0.25, 0.3) is 0 Å². The lowest BCUT2D eigenvalue weighted by molar-refractivity contribution is 0.136. The molecule has 1 N–H and O–H groups in total. The summed E-state index contributed by atoms with van der Waals surface area (Å²) in [6.45, 7) is 3.44. The van der Waals surface area contributed by atoms with E-state index in [4.69, 9.17) is 11.6 Å². The van der Waals surface area contributed by atoms with Gasteiger partial charge in [-0.3, -0.25) is 0 Å². The summed E-state index contributed by atoms with van der Waals surface area (Å²) in [5.74, 6) is 0. The van der Waals surface area contributed by atoms with Crippen LogP contribution in [-0.2, 0) is 10.0 Å². The van der Waals surface area contributed by atoms with Crippen molar-refractivity contribution in [2.75, 3.05) is 6.54 Å². The van der Waals surface area contributed by atoms with Crippen molar-refractivity contribution in [3.05, 3.63) is 23.0 Å². The van der Waals surface area contributed by atoms with Crippen molar-refractivity contribution >= 4 is 21.6 Å². The zero-order valence-electron chi connectivity index (χ0n) is 13.0. The molecule has 7 heteroatoms. The van der Waals surface area contributed by atoms with E-state index in [1.54, 1.807) is 19.9 Å². The van der Waals surface area contributed by atoms with Crippen LogP contribution in [-0.4, -0.2) is 41.5 Å². The third-order valence-electron chi connectivity index (χ3n) is 4.02. The molecule has 0 spiro atoms. The Bertz CT molecular complexity index is 613. The van der Waals surface area contributed by atoms with Crippen LogP contribution in [0.3, 0.4) is 0 Å². The fourth-order valence-electron chi connectivity index (χ4n) is 2.88. The first kappa shape index (κ1) is 17.7. The average Bonchev–Trinajstić information content (AvgIpc) is 2.48. The van der Waals surface area contributed by atoms with Crippen molar-refractivity contribution in [2.24, 2.45) is 0 Å². The molecule has 2 rings (SSSR count). The topological polar surface area (TPSA) is 70.5 Å². The molecule has 1 aromatic heterocycles. The van der Waals surface area contributed by atoms with E-state index in [1.165, 1.54) is 10.5 Å². The lowest BCUT2D eigenvalue weighted by Crippen LogP contribution is -2.44. The zero-order valence-corrected chi connectivity index (χ0v) is 14.6. The maximum atomic E-state index is 13.0. The molecule has 1 heterocycles. The molecule has 0 saturated heterocycles. The SMILES string of the molecule is Cc1cc(S(=O)(=O)N(CC(C)O)C2CCCCC2)cnc1Cl. The van der Waals surface area contributed by atoms with E-state index >= 15 is 0 Å². The van der Waals surface area contributed by atoms with E-state index in [0.29, 0.717) is 10.7 Å². The van der Waals surface area contributed by atoms with Gasteiger partial charge in [0.15, 0.2) is 0 Å². The molecule has 0 aromatic carbocycles. The standard InChI is InChI=1S/C15H23ClN2O3S/c1-11-8-14(9-17-15(11)16)22(20,21)18(10-12(2)19)13-6-4-3-5-7-13/h8-9,12-13,19H,3-7,10H2,1-2H3. The van der Waals surface area contributed by atoms with E-state index in [1.807, 2.05) is 0 Å². The van der Waals surface area contributed by atoms with E-state index < -0.39 is 16.1 Å². The number of nitrogens with zero attached hydrogens (tertiary/aromatic N) is 2. The van der Waals surface area contributed by atoms with Crippen molar-refractivity contribution in [3.8, 4) is 0 Å². The number of aromatic nitrogens is 1. The second-order valence-electron chi connectivity index (χ2n) is 5.99. The summed E-state index contributed by atoms with van der Waals surface area (Å²) in [5, 5.41) is 10.0. The van der Waals surface area contributed by atoms with Gasteiger partial charge >= 0.3 is 0 Å². The molecule has 0 amide bonds. The van der Waals surface area contributed by atoms with Gasteiger partial charge in [-0.2, -0.15) is 4.31 Å². The predicted molar refractivity (Wildman–Crippen MR) is 86.4 cm³/mol. The van der Waals surface area contributed by atoms with Crippen LogP contribution in [0, 0.1) is 6.92 Å². The Hall–Kier alpha value is -0.690. The molecule has 22 heavy (non-hydrogen) atoms. The van der Waals surface area contributed by atoms with Crippen molar-refractivity contribution in [2.45, 2.75) is 63.0 Å². The largest absolute Gasteiger partial charge is 0.392 e. The molecule has 1 unspecified atom stereocenters. The highest BCUT2D eigenvalue weighted by atomic mass is 35.5. The van der Waals surface area contributed by atoms with E-state index in [-0.39, 0.29) is 17.5 Å². The van der Waals surface area contributed by atoms with Crippen molar-refractivity contribution in [3.63, 3.8) is 0 Å². The number of pyridine rings is 1. The zero-order chi connectivity index (χ0) is 16.3. The first-order valence-corrected chi connectivity index (χ1v) is 9.46. The van der Waals surface area contributed by atoms with E-state index in [0.717, 1.165) is 32.1 Å². The van der Waals surface area contributed by atoms with Gasteiger partial charge in [0, 0.05) is 18.8 Å². The number of hydrogen-bond donors (Lipinski definition) is 1. The number of aryl methyl sites for hydroxylation is 1. The Morgan fingerprint density at radius 1 is 1.41 bits per heavy atom. The maximum Gasteiger partial charge on any atom is 0.244 e. The van der Waals surface area contributed by atoms with E-state index in [2.05, 4.69) is 4.98 Å². The molecule has 1 aliphatic rings. The third kappa shape index (κ3) is 3.98. The second-order valence-corrected chi connectivity index (χ2v) is 8.24. The fourth-order valence-corrected chi connectivity index (χ4v) is 4.78. The van der Waals surface area contributed by atoms with Gasteiger partial charge in [-0.05, 0) is 38.3 Å². The first-order valence-electron chi connectivity index (χ1n) is 7.64. The minimum Gasteiger partial charge on any atom is -0.392 e. The van der Waals surface area contributed by atoms with Crippen LogP contribution in [0.15, 0.2) is 17.2 Å². The van der Waals surface area contributed by atoms with E-state index in [9.17, 15) is 13.5 Å². The molecule has 0 bridgehead atoms. The average molecular weight is 347 g/mol. The number of aliphatic hydroxyl groups excluding tert-OH is 1. The van der Waals surface area contributed by atoms with Crippen LogP contribution in [0.4, 0.5) is 0 Å². The molecule has 1 aliphatic carbocycles. The quantitative estimate of drug-likeness (QED) is 0.832. The fraction of sp³-hybridized carbons (Fsp3) is 0.667. The highest BCUT2D eigenvalue weighted by Crippen LogP contribution is 2.28. The smallest absolute Gasteiger partial charge is 0.244 e. The van der Waals surface area contributed by atoms with Crippen LogP contribution in [0.5, 0.6) is 0 Å². The molecule has 1 fully saturated rings. The summed E-state index contributed by atoms with van der Waals surface area (Å²) in [4.78, 5) is 4.09. The molecule has 5 nitrogen and oxygen atoms in total. The van der Waals surface area contributed by atoms with Crippen LogP contribution in [0.25, 0.3) is 0 Å². The Labute approximate surface area is 137 Å². The molecule has 0 radical (unpaired) electrons. The van der Waals surface area contributed by atoms with Crippen molar-refractivity contribution in [1.29, 1.82) is 0 Å². The Morgan fingerprint density at radius 2 is 2.05 bits per heavy atom. The molecule has 1 atom stereocenters. The number of hydrogen-bond acceptors (Lipinski definition) is 4. The molecule has 1 aromatic rings. The van der Waals surface area contributed by atoms with Gasteiger partial charge in [0.2, 0.25) is 10.0 Å². The molecular weight excluding hydrogens is 324 g/mol. The summed E-state index contributed by atoms with van der Waals surface area (Å²) in [5.41, 5.74) is 0.628. The normalized spacial score (nSPS) is 18.6. The predicted octanol–water partition coefficient (Wildman–Crippen LogP) is 2.75. The van der Waals surface area contributed by atoms with Gasteiger partial charge in [-0.25, -0.2) is 13.4 Å². The lowest BCUT2D eigenvalue weighted by atomic mass is 9.95. The van der Waals surface area contributed by atoms with Gasteiger partial charge in [-0.1, -0.05) is 30.9 Å². The van der Waals surface area contributed by atoms with Crippen LogP contribution in [0.2, 0.25) is 5.15 Å². The number of aliphatic hydroxyl groups is 1. The minimum absolute atomic E-state index is 0.0515. The van der Waals surface area contributed by atoms with Crippen LogP contribution >= 0.6 is 11.6 Å². The highest BCUT2D eigenvalue weighted by molar-refractivity contribution is 7.89. The number of sulfonamides is 1. The van der Waals surface area contributed by atoms with Crippen molar-refractivity contribution < 1.29 is 13.5 Å². The first-order chi connectivity index (χ1) is 10.3. The summed E-state index contributed by atoms with van der Waals surface area (Å²) in [6, 6.07) is 1.49. The molecule has 1 saturated carbocycles. The Balaban J connectivity index is 2.36. The summed E-state index contributed by atoms with van der Waals surface area (Å²) >= 11 is 5.88. The van der Waals surface area contributed by atoms with Crippen LogP contribution < -0.4 is 0 Å². The lowest BCUT2D eigenvalue weighted by Gasteiger charge is -2.34. The Kier molecular flexibility index (Phi) is 5.82. The van der Waals surface area contributed by atoms with Gasteiger partial charge in [-0.15, -0.1) is 0 Å². The summed E-state index contributed by atoms with van der Waals surface area (Å²) < 4.78 is 27.4. The van der Waals surface area contributed by atoms with Crippen molar-refractivity contribution in [1.82, 2.24) is 9.29 Å². The molecule has 124 valence electrons. The maximum absolute atomic E-state index is 13.0. The molecular formula is C15H23ClN2O3S. The number of rotatable bonds is 5. The van der Waals surface area contributed by atoms with Gasteiger partial charge in [0.05, 0.1) is 6.10 Å². The summed E-state index contributed by atoms with van der Waals surface area (Å²) in [6.07, 6.45) is 5.45. The highest BCUT2D eigenvalue weighted by Gasteiger charge is 2.33. The third-order valence-corrected chi connectivity index (χ3v) is 6.30. The Morgan fingerprint density at radius 3 is 2.59 bits per heavy atom. The monoisotopic (exact) mass is 346 g/mol. The van der Waals surface area contributed by atoms with Gasteiger partial charge in [0.1, 0.15) is 10.0 Å². The minimum atomic E-state index is -3.68. The number of halogens is 1. The second kappa shape index (κ2) is 7.25.